The van der Waals surface area contributed by atoms with Gasteiger partial charge in [-0.15, -0.1) is 0 Å². The molecule has 0 radical (unpaired) electrons. The van der Waals surface area contributed by atoms with E-state index in [-0.39, 0.29) is 18.5 Å². The first-order valence-electron chi connectivity index (χ1n) is 11.2. The second-order valence-corrected chi connectivity index (χ2v) is 10.6. The van der Waals surface area contributed by atoms with Gasteiger partial charge in [0.05, 0.1) is 24.5 Å². The molecule has 1 amide bonds. The fraction of sp³-hybridized carbons (Fsp3) is 0.296. The van der Waals surface area contributed by atoms with E-state index in [0.29, 0.717) is 17.9 Å². The van der Waals surface area contributed by atoms with Gasteiger partial charge in [0.15, 0.2) is 0 Å². The minimum Gasteiger partial charge on any atom is -0.491 e. The van der Waals surface area contributed by atoms with E-state index in [0.717, 1.165) is 28.0 Å². The summed E-state index contributed by atoms with van der Waals surface area (Å²) in [5.74, 6) is 0.552. The van der Waals surface area contributed by atoms with Crippen molar-refractivity contribution in [1.29, 1.82) is 0 Å². The highest BCUT2D eigenvalue weighted by molar-refractivity contribution is 7.92. The lowest BCUT2D eigenvalue weighted by molar-refractivity contribution is 0.0926. The Kier molecular flexibility index (Phi) is 7.99. The third-order valence-corrected chi connectivity index (χ3v) is 6.64. The zero-order valence-electron chi connectivity index (χ0n) is 20.3. The van der Waals surface area contributed by atoms with Crippen molar-refractivity contribution in [2.45, 2.75) is 40.3 Å². The monoisotopic (exact) mass is 480 g/mol. The molecule has 34 heavy (non-hydrogen) atoms. The van der Waals surface area contributed by atoms with Gasteiger partial charge < -0.3 is 10.1 Å². The number of sulfonamides is 1. The van der Waals surface area contributed by atoms with Gasteiger partial charge in [-0.2, -0.15) is 0 Å². The number of benzene rings is 3. The molecule has 3 aromatic rings. The van der Waals surface area contributed by atoms with Crippen LogP contribution in [0.1, 0.15) is 39.5 Å². The molecule has 0 aliphatic carbocycles. The van der Waals surface area contributed by atoms with Gasteiger partial charge in [0.1, 0.15) is 12.4 Å². The summed E-state index contributed by atoms with van der Waals surface area (Å²) in [5, 5.41) is 2.93. The fourth-order valence-corrected chi connectivity index (χ4v) is 4.70. The molecule has 180 valence electrons. The smallest absolute Gasteiger partial charge is 0.251 e. The van der Waals surface area contributed by atoms with Gasteiger partial charge >= 0.3 is 0 Å². The number of hydrogen-bond donors (Lipinski definition) is 1. The van der Waals surface area contributed by atoms with Gasteiger partial charge in [-0.3, -0.25) is 9.10 Å². The van der Waals surface area contributed by atoms with Gasteiger partial charge in [0.25, 0.3) is 5.91 Å². The lowest BCUT2D eigenvalue weighted by atomic mass is 10.1. The Bertz CT molecular complexity index is 1220. The van der Waals surface area contributed by atoms with Crippen LogP contribution in [-0.4, -0.2) is 33.2 Å². The first-order chi connectivity index (χ1) is 16.0. The molecule has 3 aromatic carbocycles. The second kappa shape index (κ2) is 10.7. The standard InChI is InChI=1S/C27H32N2O4S/c1-19-9-15-25(16-10-19)33-18-22(4)28-27(30)24-13-11-23(12-14-24)17-29(34(5,31)32)26-20(2)7-6-8-21(26)3/h6-16,22H,17-18H2,1-5H3,(H,28,30)/t22-/m0/s1. The number of amides is 1. The predicted molar refractivity (Wildman–Crippen MR) is 137 cm³/mol. The molecular formula is C27H32N2O4S. The number of carbonyl (C=O) groups is 1. The number of anilines is 1. The van der Waals surface area contributed by atoms with E-state index < -0.39 is 10.0 Å². The molecule has 0 spiro atoms. The Hall–Kier alpha value is -3.32. The normalized spacial score (nSPS) is 12.1. The summed E-state index contributed by atoms with van der Waals surface area (Å²) in [4.78, 5) is 12.6. The van der Waals surface area contributed by atoms with Crippen LogP contribution in [-0.2, 0) is 16.6 Å². The van der Waals surface area contributed by atoms with Crippen LogP contribution < -0.4 is 14.4 Å². The third-order valence-electron chi connectivity index (χ3n) is 5.53. The van der Waals surface area contributed by atoms with Crippen molar-refractivity contribution in [1.82, 2.24) is 5.32 Å². The number of para-hydroxylation sites is 1. The number of carbonyl (C=O) groups excluding carboxylic acids is 1. The number of nitrogens with zero attached hydrogens (tertiary/aromatic N) is 1. The fourth-order valence-electron chi connectivity index (χ4n) is 3.69. The molecule has 0 unspecified atom stereocenters. The lowest BCUT2D eigenvalue weighted by Crippen LogP contribution is -2.36. The van der Waals surface area contributed by atoms with Crippen molar-refractivity contribution >= 4 is 21.6 Å². The zero-order chi connectivity index (χ0) is 24.9. The number of rotatable bonds is 9. The van der Waals surface area contributed by atoms with Gasteiger partial charge in [-0.25, -0.2) is 8.42 Å². The van der Waals surface area contributed by atoms with E-state index in [4.69, 9.17) is 4.74 Å². The van der Waals surface area contributed by atoms with E-state index in [1.54, 1.807) is 24.3 Å². The largest absolute Gasteiger partial charge is 0.491 e. The van der Waals surface area contributed by atoms with Crippen LogP contribution in [0.3, 0.4) is 0 Å². The number of nitrogens with one attached hydrogen (secondary N) is 1. The number of aryl methyl sites for hydroxylation is 3. The molecule has 0 heterocycles. The zero-order valence-corrected chi connectivity index (χ0v) is 21.1. The van der Waals surface area contributed by atoms with Crippen molar-refractivity contribution in [3.05, 3.63) is 94.5 Å². The SMILES string of the molecule is Cc1ccc(OC[C@H](C)NC(=O)c2ccc(CN(c3c(C)cccc3C)S(C)(=O)=O)cc2)cc1. The molecule has 0 aliphatic heterocycles. The van der Waals surface area contributed by atoms with Gasteiger partial charge in [0.2, 0.25) is 10.0 Å². The van der Waals surface area contributed by atoms with Crippen LogP contribution in [0.4, 0.5) is 5.69 Å². The predicted octanol–water partition coefficient (Wildman–Crippen LogP) is 4.78. The second-order valence-electron chi connectivity index (χ2n) is 8.71. The van der Waals surface area contributed by atoms with E-state index in [2.05, 4.69) is 5.32 Å². The van der Waals surface area contributed by atoms with Crippen LogP contribution >= 0.6 is 0 Å². The summed E-state index contributed by atoms with van der Waals surface area (Å²) in [6, 6.07) is 20.3. The maximum absolute atomic E-state index is 12.6. The van der Waals surface area contributed by atoms with Gasteiger partial charge in [0, 0.05) is 5.56 Å². The highest BCUT2D eigenvalue weighted by atomic mass is 32.2. The molecule has 6 nitrogen and oxygen atoms in total. The Morgan fingerprint density at radius 1 is 0.941 bits per heavy atom. The Morgan fingerprint density at radius 3 is 2.09 bits per heavy atom. The quantitative estimate of drug-likeness (QED) is 0.478. The van der Waals surface area contributed by atoms with Crippen molar-refractivity contribution in [2.24, 2.45) is 0 Å². The molecule has 0 saturated heterocycles. The lowest BCUT2D eigenvalue weighted by Gasteiger charge is -2.26. The minimum absolute atomic E-state index is 0.182. The van der Waals surface area contributed by atoms with Crippen LogP contribution in [0.15, 0.2) is 66.7 Å². The Balaban J connectivity index is 1.65. The van der Waals surface area contributed by atoms with Crippen LogP contribution in [0, 0.1) is 20.8 Å². The van der Waals surface area contributed by atoms with Gasteiger partial charge in [-0.05, 0) is 68.7 Å². The molecule has 0 fully saturated rings. The highest BCUT2D eigenvalue weighted by Gasteiger charge is 2.21. The first kappa shape index (κ1) is 25.3. The van der Waals surface area contributed by atoms with E-state index in [1.807, 2.05) is 70.2 Å². The maximum Gasteiger partial charge on any atom is 0.251 e. The molecule has 0 aliphatic rings. The summed E-state index contributed by atoms with van der Waals surface area (Å²) in [5.41, 5.74) is 4.93. The van der Waals surface area contributed by atoms with E-state index in [1.165, 1.54) is 10.6 Å². The average Bonchev–Trinajstić information content (AvgIpc) is 2.77. The van der Waals surface area contributed by atoms with Crippen molar-refractivity contribution in [3.8, 4) is 5.75 Å². The summed E-state index contributed by atoms with van der Waals surface area (Å²) in [6.07, 6.45) is 1.21. The van der Waals surface area contributed by atoms with Crippen LogP contribution in [0.25, 0.3) is 0 Å². The highest BCUT2D eigenvalue weighted by Crippen LogP contribution is 2.28. The van der Waals surface area contributed by atoms with Crippen molar-refractivity contribution < 1.29 is 17.9 Å². The van der Waals surface area contributed by atoms with Gasteiger partial charge in [-0.1, -0.05) is 48.0 Å². The molecule has 1 atom stereocenters. The molecule has 3 rings (SSSR count). The molecule has 0 aromatic heterocycles. The Labute approximate surface area is 202 Å². The summed E-state index contributed by atoms with van der Waals surface area (Å²) >= 11 is 0. The van der Waals surface area contributed by atoms with E-state index >= 15 is 0 Å². The molecule has 7 heteroatoms. The molecule has 1 N–H and O–H groups in total. The third kappa shape index (κ3) is 6.60. The molecule has 0 bridgehead atoms. The number of ether oxygens (including phenoxy) is 1. The summed E-state index contributed by atoms with van der Waals surface area (Å²) < 4.78 is 32.3. The topological polar surface area (TPSA) is 75.7 Å². The Morgan fingerprint density at radius 2 is 1.53 bits per heavy atom. The summed E-state index contributed by atoms with van der Waals surface area (Å²) in [7, 11) is -3.50. The maximum atomic E-state index is 12.6. The minimum atomic E-state index is -3.50. The summed E-state index contributed by atoms with van der Waals surface area (Å²) in [6.45, 7) is 8.24. The number of hydrogen-bond acceptors (Lipinski definition) is 4. The van der Waals surface area contributed by atoms with Crippen molar-refractivity contribution in [2.75, 3.05) is 17.2 Å². The molecular weight excluding hydrogens is 448 g/mol. The van der Waals surface area contributed by atoms with Crippen LogP contribution in [0.5, 0.6) is 5.75 Å². The van der Waals surface area contributed by atoms with E-state index in [9.17, 15) is 13.2 Å². The average molecular weight is 481 g/mol. The molecule has 0 saturated carbocycles. The first-order valence-corrected chi connectivity index (χ1v) is 13.0. The van der Waals surface area contributed by atoms with Crippen LogP contribution in [0.2, 0.25) is 0 Å². The van der Waals surface area contributed by atoms with Crippen molar-refractivity contribution in [3.63, 3.8) is 0 Å².